The number of para-hydroxylation sites is 2. The number of nitrogens with zero attached hydrogens (tertiary/aromatic N) is 3. The number of hydrogen-bond acceptors (Lipinski definition) is 4. The molecule has 0 radical (unpaired) electrons. The molecule has 1 aromatic carbocycles. The van der Waals surface area contributed by atoms with Crippen LogP contribution >= 0.6 is 0 Å². The van der Waals surface area contributed by atoms with Gasteiger partial charge in [0.05, 0.1) is 24.6 Å². The van der Waals surface area contributed by atoms with E-state index in [1.807, 2.05) is 30.3 Å². The predicted molar refractivity (Wildman–Crippen MR) is 61.1 cm³/mol. The highest BCUT2D eigenvalue weighted by Crippen LogP contribution is 2.15. The number of ether oxygens (including phenoxy) is 1. The minimum Gasteiger partial charge on any atom is -0.469 e. The molecule has 1 aromatic heterocycles. The zero-order chi connectivity index (χ0) is 12.3. The molecular formula is C12H11N3O2. The van der Waals surface area contributed by atoms with E-state index in [0.29, 0.717) is 12.4 Å². The first-order valence-corrected chi connectivity index (χ1v) is 5.18. The lowest BCUT2D eigenvalue weighted by atomic mass is 10.3. The molecule has 0 saturated heterocycles. The van der Waals surface area contributed by atoms with E-state index in [0.717, 1.165) is 11.0 Å². The molecule has 0 atom stereocenters. The number of imidazole rings is 1. The fraction of sp³-hybridized carbons (Fsp3) is 0.250. The second-order valence-electron chi connectivity index (χ2n) is 3.51. The van der Waals surface area contributed by atoms with E-state index < -0.39 is 0 Å². The van der Waals surface area contributed by atoms with E-state index in [1.165, 1.54) is 7.11 Å². The first-order valence-electron chi connectivity index (χ1n) is 5.18. The Bertz CT molecular complexity index is 595. The van der Waals surface area contributed by atoms with Gasteiger partial charge in [-0.05, 0) is 12.1 Å². The molecule has 0 unspecified atom stereocenters. The number of nitriles is 1. The molecule has 2 aromatic rings. The highest BCUT2D eigenvalue weighted by Gasteiger charge is 2.11. The second-order valence-corrected chi connectivity index (χ2v) is 3.51. The molecule has 1 heterocycles. The second kappa shape index (κ2) is 4.66. The summed E-state index contributed by atoms with van der Waals surface area (Å²) in [5.41, 5.74) is 1.61. The van der Waals surface area contributed by atoms with Crippen molar-refractivity contribution in [1.29, 1.82) is 5.26 Å². The fourth-order valence-electron chi connectivity index (χ4n) is 1.69. The first-order chi connectivity index (χ1) is 8.26. The Balaban J connectivity index is 2.37. The van der Waals surface area contributed by atoms with Crippen molar-refractivity contribution >= 4 is 17.0 Å². The van der Waals surface area contributed by atoms with Crippen LogP contribution in [0, 0.1) is 11.3 Å². The summed E-state index contributed by atoms with van der Waals surface area (Å²) in [6.07, 6.45) is 0.228. The Hall–Kier alpha value is -2.35. The largest absolute Gasteiger partial charge is 0.469 e. The number of carbonyl (C=O) groups excluding carboxylic acids is 1. The number of methoxy groups -OCH3 is 1. The number of carbonyl (C=O) groups is 1. The maximum absolute atomic E-state index is 11.1. The maximum atomic E-state index is 11.1. The summed E-state index contributed by atoms with van der Waals surface area (Å²) in [7, 11) is 1.35. The van der Waals surface area contributed by atoms with Crippen LogP contribution in [-0.2, 0) is 16.1 Å². The first kappa shape index (κ1) is 11.1. The highest BCUT2D eigenvalue weighted by atomic mass is 16.5. The smallest absolute Gasteiger partial charge is 0.307 e. The summed E-state index contributed by atoms with van der Waals surface area (Å²) in [5, 5.41) is 8.99. The summed E-state index contributed by atoms with van der Waals surface area (Å²) in [5.74, 6) is 0.0155. The van der Waals surface area contributed by atoms with Gasteiger partial charge in [0.2, 0.25) is 5.82 Å². The number of hydrogen-bond donors (Lipinski definition) is 0. The molecule has 0 spiro atoms. The number of fused-ring (bicyclic) bond motifs is 1. The van der Waals surface area contributed by atoms with Crippen molar-refractivity contribution in [3.63, 3.8) is 0 Å². The van der Waals surface area contributed by atoms with Gasteiger partial charge in [0.15, 0.2) is 0 Å². The molecule has 5 heteroatoms. The monoisotopic (exact) mass is 229 g/mol. The zero-order valence-corrected chi connectivity index (χ0v) is 9.38. The summed E-state index contributed by atoms with van der Waals surface area (Å²) >= 11 is 0. The van der Waals surface area contributed by atoms with Crippen LogP contribution < -0.4 is 0 Å². The summed E-state index contributed by atoms with van der Waals surface area (Å²) in [6, 6.07) is 9.48. The van der Waals surface area contributed by atoms with Crippen molar-refractivity contribution in [2.24, 2.45) is 0 Å². The molecule has 2 rings (SSSR count). The lowest BCUT2D eigenvalue weighted by Gasteiger charge is -2.04. The van der Waals surface area contributed by atoms with Crippen molar-refractivity contribution in [1.82, 2.24) is 9.55 Å². The summed E-state index contributed by atoms with van der Waals surface area (Å²) in [6.45, 7) is 0.399. The van der Waals surface area contributed by atoms with Gasteiger partial charge in [-0.15, -0.1) is 0 Å². The van der Waals surface area contributed by atoms with E-state index in [4.69, 9.17) is 5.26 Å². The quantitative estimate of drug-likeness (QED) is 0.747. The Morgan fingerprint density at radius 2 is 2.29 bits per heavy atom. The van der Waals surface area contributed by atoms with Gasteiger partial charge >= 0.3 is 5.97 Å². The van der Waals surface area contributed by atoms with Crippen LogP contribution in [0.5, 0.6) is 0 Å². The Kier molecular flexibility index (Phi) is 3.06. The highest BCUT2D eigenvalue weighted by molar-refractivity contribution is 5.77. The minimum absolute atomic E-state index is 0.228. The van der Waals surface area contributed by atoms with Crippen molar-refractivity contribution in [3.8, 4) is 6.07 Å². The predicted octanol–water partition coefficient (Wildman–Crippen LogP) is 1.47. The standard InChI is InChI=1S/C12H11N3O2/c1-17-12(16)6-7-15-10-5-3-2-4-9(10)14-11(15)8-13/h2-5H,6-7H2,1H3. The van der Waals surface area contributed by atoms with Gasteiger partial charge in [0, 0.05) is 6.54 Å². The lowest BCUT2D eigenvalue weighted by molar-refractivity contribution is -0.140. The fourth-order valence-corrected chi connectivity index (χ4v) is 1.69. The number of rotatable bonds is 3. The molecule has 0 aliphatic heterocycles. The topological polar surface area (TPSA) is 67.9 Å². The van der Waals surface area contributed by atoms with Crippen LogP contribution in [0.4, 0.5) is 0 Å². The molecule has 5 nitrogen and oxygen atoms in total. The lowest BCUT2D eigenvalue weighted by Crippen LogP contribution is -2.08. The average molecular weight is 229 g/mol. The normalized spacial score (nSPS) is 10.1. The minimum atomic E-state index is -0.299. The number of benzene rings is 1. The molecule has 0 aliphatic rings. The third-order valence-electron chi connectivity index (χ3n) is 2.52. The van der Waals surface area contributed by atoms with Crippen LogP contribution in [-0.4, -0.2) is 22.6 Å². The third kappa shape index (κ3) is 2.11. The molecular weight excluding hydrogens is 218 g/mol. The summed E-state index contributed by atoms with van der Waals surface area (Å²) in [4.78, 5) is 15.3. The molecule has 0 amide bonds. The number of aryl methyl sites for hydroxylation is 1. The Morgan fingerprint density at radius 1 is 1.53 bits per heavy atom. The van der Waals surface area contributed by atoms with Crippen LogP contribution in [0.3, 0.4) is 0 Å². The van der Waals surface area contributed by atoms with E-state index in [2.05, 4.69) is 9.72 Å². The van der Waals surface area contributed by atoms with Gasteiger partial charge < -0.3 is 9.30 Å². The Labute approximate surface area is 98.2 Å². The molecule has 86 valence electrons. The van der Waals surface area contributed by atoms with Crippen molar-refractivity contribution in [2.45, 2.75) is 13.0 Å². The number of esters is 1. The Morgan fingerprint density at radius 3 is 3.00 bits per heavy atom. The van der Waals surface area contributed by atoms with Crippen LogP contribution in [0.25, 0.3) is 11.0 Å². The van der Waals surface area contributed by atoms with Crippen molar-refractivity contribution in [2.75, 3.05) is 7.11 Å². The molecule has 0 N–H and O–H groups in total. The molecule has 17 heavy (non-hydrogen) atoms. The van der Waals surface area contributed by atoms with E-state index in [1.54, 1.807) is 4.57 Å². The third-order valence-corrected chi connectivity index (χ3v) is 2.52. The zero-order valence-electron chi connectivity index (χ0n) is 9.38. The van der Waals surface area contributed by atoms with Gasteiger partial charge in [-0.3, -0.25) is 4.79 Å². The molecule has 0 fully saturated rings. The van der Waals surface area contributed by atoms with Crippen molar-refractivity contribution in [3.05, 3.63) is 30.1 Å². The SMILES string of the molecule is COC(=O)CCn1c(C#N)nc2ccccc21. The van der Waals surface area contributed by atoms with Gasteiger partial charge in [0.1, 0.15) is 6.07 Å². The summed E-state index contributed by atoms with van der Waals surface area (Å²) < 4.78 is 6.31. The van der Waals surface area contributed by atoms with E-state index in [-0.39, 0.29) is 12.4 Å². The van der Waals surface area contributed by atoms with Gasteiger partial charge in [-0.25, -0.2) is 4.98 Å². The van der Waals surface area contributed by atoms with E-state index >= 15 is 0 Å². The molecule has 0 saturated carbocycles. The van der Waals surface area contributed by atoms with Gasteiger partial charge in [-0.1, -0.05) is 12.1 Å². The van der Waals surface area contributed by atoms with Crippen LogP contribution in [0.1, 0.15) is 12.2 Å². The molecule has 0 bridgehead atoms. The van der Waals surface area contributed by atoms with Crippen molar-refractivity contribution < 1.29 is 9.53 Å². The van der Waals surface area contributed by atoms with E-state index in [9.17, 15) is 4.79 Å². The van der Waals surface area contributed by atoms with Gasteiger partial charge in [-0.2, -0.15) is 5.26 Å². The van der Waals surface area contributed by atoms with Crippen LogP contribution in [0.15, 0.2) is 24.3 Å². The molecule has 0 aliphatic carbocycles. The van der Waals surface area contributed by atoms with Crippen LogP contribution in [0.2, 0.25) is 0 Å². The maximum Gasteiger partial charge on any atom is 0.307 e. The number of aromatic nitrogens is 2. The average Bonchev–Trinajstić information content (AvgIpc) is 2.73. The van der Waals surface area contributed by atoms with Gasteiger partial charge in [0.25, 0.3) is 0 Å².